The van der Waals surface area contributed by atoms with Gasteiger partial charge in [0.2, 0.25) is 5.06 Å². The number of H-pyrrole nitrogens is 1. The molecule has 1 aliphatic heterocycles. The zero-order valence-electron chi connectivity index (χ0n) is 12.5. The summed E-state index contributed by atoms with van der Waals surface area (Å²) in [5.41, 5.74) is -1.77. The Bertz CT molecular complexity index is 880. The molecule has 17 heteroatoms. The van der Waals surface area contributed by atoms with Crippen molar-refractivity contribution in [1.82, 2.24) is 9.55 Å². The number of nitrogens with one attached hydrogen (secondary N) is 1. The van der Waals surface area contributed by atoms with Gasteiger partial charge in [-0.05, 0) is 0 Å². The average molecular weight is 436 g/mol. The van der Waals surface area contributed by atoms with Gasteiger partial charge in [0.25, 0.3) is 5.56 Å². The number of aliphatic hydroxyl groups excluding tert-OH is 2. The number of aliphatic hydroxyl groups is 2. The van der Waals surface area contributed by atoms with Crippen LogP contribution in [0.4, 0.5) is 0 Å². The van der Waals surface area contributed by atoms with Crippen LogP contribution in [-0.4, -0.2) is 59.4 Å². The first-order chi connectivity index (χ1) is 11.8. The van der Waals surface area contributed by atoms with Crippen LogP contribution in [0, 0.1) is 0 Å². The van der Waals surface area contributed by atoms with E-state index in [0.717, 1.165) is 12.3 Å². The number of phosphoric acid groups is 2. The van der Waals surface area contributed by atoms with Crippen LogP contribution in [0.15, 0.2) is 21.9 Å². The summed E-state index contributed by atoms with van der Waals surface area (Å²) in [6, 6.07) is 0.918. The molecule has 1 unspecified atom stereocenters. The number of rotatable bonds is 6. The van der Waals surface area contributed by atoms with Gasteiger partial charge in [-0.1, -0.05) is 0 Å². The van der Waals surface area contributed by atoms with E-state index in [0.29, 0.717) is 4.57 Å². The van der Waals surface area contributed by atoms with E-state index in [9.17, 15) is 33.8 Å². The van der Waals surface area contributed by atoms with Crippen molar-refractivity contribution in [3.05, 3.63) is 33.1 Å². The van der Waals surface area contributed by atoms with Gasteiger partial charge in [0.1, 0.15) is 18.3 Å². The minimum Gasteiger partial charge on any atom is -0.387 e. The Morgan fingerprint density at radius 1 is 1.31 bits per heavy atom. The molecule has 0 amide bonds. The van der Waals surface area contributed by atoms with E-state index < -0.39 is 56.9 Å². The Labute approximate surface area is 149 Å². The molecule has 0 aliphatic carbocycles. The molecule has 0 radical (unpaired) electrons. The lowest BCUT2D eigenvalue weighted by atomic mass is 10.1. The summed E-state index contributed by atoms with van der Waals surface area (Å²) in [5.74, 6) is 0. The van der Waals surface area contributed by atoms with Crippen molar-refractivity contribution in [2.45, 2.75) is 23.4 Å². The van der Waals surface area contributed by atoms with Crippen LogP contribution in [0.2, 0.25) is 0 Å². The van der Waals surface area contributed by atoms with Crippen molar-refractivity contribution in [2.75, 3.05) is 6.61 Å². The maximum atomic E-state index is 11.8. The van der Waals surface area contributed by atoms with Gasteiger partial charge < -0.3 is 29.6 Å². The zero-order chi connectivity index (χ0) is 19.9. The van der Waals surface area contributed by atoms with Crippen molar-refractivity contribution in [2.24, 2.45) is 0 Å². The summed E-state index contributed by atoms with van der Waals surface area (Å²) in [6.07, 6.45) is -4.27. The second-order valence-electron chi connectivity index (χ2n) is 5.07. The lowest BCUT2D eigenvalue weighted by molar-refractivity contribution is -0.0797. The third-order valence-electron chi connectivity index (χ3n) is 3.20. The van der Waals surface area contributed by atoms with Gasteiger partial charge >= 0.3 is 21.3 Å². The van der Waals surface area contributed by atoms with Gasteiger partial charge in [0.15, 0.2) is 0 Å². The van der Waals surface area contributed by atoms with Gasteiger partial charge in [-0.15, -0.1) is 12.6 Å². The molecule has 6 N–H and O–H groups in total. The smallest absolute Gasteiger partial charge is 0.387 e. The molecule has 1 aromatic rings. The summed E-state index contributed by atoms with van der Waals surface area (Å²) in [4.78, 5) is 51.0. The monoisotopic (exact) mass is 436 g/mol. The first-order valence-electron chi connectivity index (χ1n) is 6.58. The highest BCUT2D eigenvalue weighted by molar-refractivity contribution is 7.81. The predicted octanol–water partition coefficient (Wildman–Crippen LogP) is -2.58. The lowest BCUT2D eigenvalue weighted by Crippen LogP contribution is -2.47. The van der Waals surface area contributed by atoms with Crippen LogP contribution in [0.3, 0.4) is 0 Å². The molecule has 1 fully saturated rings. The topological polar surface area (TPSA) is 218 Å². The van der Waals surface area contributed by atoms with Gasteiger partial charge in [0, 0.05) is 12.3 Å². The molecule has 0 spiro atoms. The van der Waals surface area contributed by atoms with Crippen molar-refractivity contribution in [1.29, 1.82) is 0 Å². The fraction of sp³-hybridized carbons (Fsp3) is 0.556. The Balaban J connectivity index is 2.19. The molecule has 148 valence electrons. The van der Waals surface area contributed by atoms with Gasteiger partial charge in [-0.3, -0.25) is 18.9 Å². The third-order valence-corrected chi connectivity index (χ3v) is 5.93. The molecule has 2 rings (SSSR count). The van der Waals surface area contributed by atoms with Crippen molar-refractivity contribution >= 4 is 28.3 Å². The van der Waals surface area contributed by atoms with Crippen LogP contribution in [0.5, 0.6) is 0 Å². The van der Waals surface area contributed by atoms with Crippen LogP contribution >= 0.6 is 28.3 Å². The Morgan fingerprint density at radius 2 is 1.92 bits per heavy atom. The molecule has 2 heterocycles. The number of hydrogen-bond acceptors (Lipinski definition) is 10. The van der Waals surface area contributed by atoms with Crippen LogP contribution < -0.4 is 11.2 Å². The second kappa shape index (κ2) is 7.30. The Kier molecular flexibility index (Phi) is 6.03. The Hall–Kier alpha value is -0.830. The van der Waals surface area contributed by atoms with E-state index in [2.05, 4.69) is 21.5 Å². The predicted molar refractivity (Wildman–Crippen MR) is 84.1 cm³/mol. The van der Waals surface area contributed by atoms with Crippen molar-refractivity contribution < 1.29 is 47.6 Å². The number of ether oxygens (including phenoxy) is 1. The molecule has 14 nitrogen and oxygen atoms in total. The summed E-state index contributed by atoms with van der Waals surface area (Å²) in [7, 11) is -10.6. The first kappa shape index (κ1) is 21.5. The number of nitrogens with zero attached hydrogens (tertiary/aromatic N) is 1. The first-order valence-corrected chi connectivity index (χ1v) is 10.1. The van der Waals surface area contributed by atoms with E-state index >= 15 is 0 Å². The summed E-state index contributed by atoms with van der Waals surface area (Å²) in [5, 5.41) is 17.9. The fourth-order valence-electron chi connectivity index (χ4n) is 2.12. The number of hydrogen-bond donors (Lipinski definition) is 7. The molecule has 26 heavy (non-hydrogen) atoms. The maximum absolute atomic E-state index is 11.8. The van der Waals surface area contributed by atoms with Crippen LogP contribution in [0.25, 0.3) is 0 Å². The molecule has 1 saturated heterocycles. The number of aromatic nitrogens is 2. The van der Waals surface area contributed by atoms with Gasteiger partial charge in [0.05, 0.1) is 6.61 Å². The lowest BCUT2D eigenvalue weighted by Gasteiger charge is -2.28. The fourth-order valence-corrected chi connectivity index (χ4v) is 4.16. The third kappa shape index (κ3) is 4.71. The minimum atomic E-state index is -5.35. The SMILES string of the molecule is O=c1ccn([C@]2(S)O[C@H](COP(=O)(O)OP(=O)(O)O)[C@@H](O)[C@H]2O)c(=O)[nH]1. The van der Waals surface area contributed by atoms with E-state index in [1.165, 1.54) is 0 Å². The maximum Gasteiger partial charge on any atom is 0.481 e. The van der Waals surface area contributed by atoms with Crippen molar-refractivity contribution in [3.8, 4) is 0 Å². The number of aromatic amines is 1. The van der Waals surface area contributed by atoms with Crippen molar-refractivity contribution in [3.63, 3.8) is 0 Å². The highest BCUT2D eigenvalue weighted by Gasteiger charge is 2.54. The summed E-state index contributed by atoms with van der Waals surface area (Å²) in [6.45, 7) is -0.966. The molecular weight excluding hydrogens is 422 g/mol. The molecule has 1 aliphatic rings. The molecule has 0 bridgehead atoms. The normalized spacial score (nSPS) is 31.7. The van der Waals surface area contributed by atoms with Crippen LogP contribution in [-0.2, 0) is 27.8 Å². The second-order valence-corrected chi connectivity index (χ2v) is 8.54. The summed E-state index contributed by atoms with van der Waals surface area (Å²) >= 11 is 3.99. The molecule has 1 aromatic heterocycles. The quantitative estimate of drug-likeness (QED) is 0.181. The Morgan fingerprint density at radius 3 is 2.46 bits per heavy atom. The summed E-state index contributed by atoms with van der Waals surface area (Å²) < 4.78 is 35.7. The highest BCUT2D eigenvalue weighted by atomic mass is 32.1. The van der Waals surface area contributed by atoms with E-state index in [-0.39, 0.29) is 0 Å². The highest BCUT2D eigenvalue weighted by Crippen LogP contribution is 2.57. The zero-order valence-corrected chi connectivity index (χ0v) is 15.2. The number of thiol groups is 1. The standard InChI is InChI=1S/C9H14N2O12P2S/c12-5-1-2-11(8(15)10-5)9(26)7(14)6(13)4(22-9)3-21-25(19,20)23-24(16,17)18/h1-2,4,6-7,13-14,26H,3H2,(H,19,20)(H,10,12,15)(H2,16,17,18)/t4-,6-,7-,9+/m1/s1. The van der Waals surface area contributed by atoms with E-state index in [1.807, 2.05) is 4.98 Å². The molecule has 0 saturated carbocycles. The van der Waals surface area contributed by atoms with E-state index in [4.69, 9.17) is 14.5 Å². The molecular formula is C9H14N2O12P2S. The average Bonchev–Trinajstić information content (AvgIpc) is 2.68. The molecule has 0 aromatic carbocycles. The molecule has 5 atom stereocenters. The van der Waals surface area contributed by atoms with Crippen LogP contribution in [0.1, 0.15) is 0 Å². The van der Waals surface area contributed by atoms with Gasteiger partial charge in [-0.2, -0.15) is 4.31 Å². The minimum absolute atomic E-state index is 0.649. The number of phosphoric ester groups is 1. The van der Waals surface area contributed by atoms with Gasteiger partial charge in [-0.25, -0.2) is 13.9 Å². The van der Waals surface area contributed by atoms with E-state index in [1.54, 1.807) is 0 Å². The largest absolute Gasteiger partial charge is 0.481 e.